The first-order valence-electron chi connectivity index (χ1n) is 6.04. The zero-order chi connectivity index (χ0) is 14.0. The summed E-state index contributed by atoms with van der Waals surface area (Å²) in [6.07, 6.45) is 3.25. The van der Waals surface area contributed by atoms with Crippen molar-refractivity contribution in [1.29, 1.82) is 0 Å². The average molecular weight is 256 g/mol. The van der Waals surface area contributed by atoms with Crippen LogP contribution in [0, 0.1) is 13.8 Å². The molecule has 4 nitrogen and oxygen atoms in total. The van der Waals surface area contributed by atoms with E-state index in [0.29, 0.717) is 5.56 Å². The molecule has 0 saturated carbocycles. The molecule has 0 amide bonds. The van der Waals surface area contributed by atoms with Gasteiger partial charge in [0.25, 0.3) is 5.56 Å². The SMILES string of the molecule is C=CC(c1ccc(C)cc1)n1cc(C)c(=O)[nH]c1=O. The van der Waals surface area contributed by atoms with Gasteiger partial charge in [-0.3, -0.25) is 14.3 Å². The van der Waals surface area contributed by atoms with Gasteiger partial charge in [0.2, 0.25) is 0 Å². The van der Waals surface area contributed by atoms with Crippen LogP contribution in [-0.2, 0) is 0 Å². The molecule has 1 atom stereocenters. The van der Waals surface area contributed by atoms with Crippen molar-refractivity contribution in [3.8, 4) is 0 Å². The van der Waals surface area contributed by atoms with Crippen LogP contribution in [0.5, 0.6) is 0 Å². The highest BCUT2D eigenvalue weighted by molar-refractivity contribution is 5.27. The van der Waals surface area contributed by atoms with E-state index in [4.69, 9.17) is 0 Å². The van der Waals surface area contributed by atoms with E-state index in [1.165, 1.54) is 4.57 Å². The average Bonchev–Trinajstić information content (AvgIpc) is 2.38. The van der Waals surface area contributed by atoms with Gasteiger partial charge in [0, 0.05) is 11.8 Å². The van der Waals surface area contributed by atoms with Gasteiger partial charge in [-0.2, -0.15) is 0 Å². The largest absolute Gasteiger partial charge is 0.329 e. The maximum Gasteiger partial charge on any atom is 0.329 e. The van der Waals surface area contributed by atoms with Crippen molar-refractivity contribution in [1.82, 2.24) is 9.55 Å². The number of allylic oxidation sites excluding steroid dienone is 1. The molecular formula is C15H16N2O2. The summed E-state index contributed by atoms with van der Waals surface area (Å²) >= 11 is 0. The fourth-order valence-electron chi connectivity index (χ4n) is 1.97. The van der Waals surface area contributed by atoms with Gasteiger partial charge in [-0.15, -0.1) is 6.58 Å². The van der Waals surface area contributed by atoms with Crippen LogP contribution < -0.4 is 11.2 Å². The van der Waals surface area contributed by atoms with E-state index >= 15 is 0 Å². The quantitative estimate of drug-likeness (QED) is 0.853. The van der Waals surface area contributed by atoms with Gasteiger partial charge in [-0.05, 0) is 19.4 Å². The van der Waals surface area contributed by atoms with Crippen LogP contribution in [0.1, 0.15) is 22.7 Å². The number of benzene rings is 1. The highest BCUT2D eigenvalue weighted by Crippen LogP contribution is 2.18. The second kappa shape index (κ2) is 5.10. The van der Waals surface area contributed by atoms with Gasteiger partial charge in [0.15, 0.2) is 0 Å². The lowest BCUT2D eigenvalue weighted by Crippen LogP contribution is -2.33. The second-order valence-corrected chi connectivity index (χ2v) is 4.57. The Bertz CT molecular complexity index is 708. The lowest BCUT2D eigenvalue weighted by Gasteiger charge is -2.16. The van der Waals surface area contributed by atoms with E-state index in [-0.39, 0.29) is 11.6 Å². The molecule has 0 radical (unpaired) electrons. The highest BCUT2D eigenvalue weighted by atomic mass is 16.2. The Labute approximate surface area is 111 Å². The van der Waals surface area contributed by atoms with E-state index in [1.807, 2.05) is 31.2 Å². The molecule has 4 heteroatoms. The topological polar surface area (TPSA) is 54.9 Å². The molecule has 0 fully saturated rings. The summed E-state index contributed by atoms with van der Waals surface area (Å²) in [5.41, 5.74) is 1.82. The van der Waals surface area contributed by atoms with Gasteiger partial charge in [0.1, 0.15) is 0 Å². The summed E-state index contributed by atoms with van der Waals surface area (Å²) in [5.74, 6) is 0. The Balaban J connectivity index is 2.57. The molecule has 2 aromatic rings. The summed E-state index contributed by atoms with van der Waals surface area (Å²) in [6, 6.07) is 7.58. The van der Waals surface area contributed by atoms with Crippen molar-refractivity contribution < 1.29 is 0 Å². The molecule has 2 rings (SSSR count). The van der Waals surface area contributed by atoms with Crippen LogP contribution >= 0.6 is 0 Å². The van der Waals surface area contributed by atoms with Crippen molar-refractivity contribution in [2.24, 2.45) is 0 Å². The third-order valence-electron chi connectivity index (χ3n) is 3.09. The molecule has 0 aliphatic carbocycles. The highest BCUT2D eigenvalue weighted by Gasteiger charge is 2.12. The Morgan fingerprint density at radius 3 is 2.42 bits per heavy atom. The van der Waals surface area contributed by atoms with E-state index < -0.39 is 5.69 Å². The summed E-state index contributed by atoms with van der Waals surface area (Å²) in [7, 11) is 0. The number of aromatic nitrogens is 2. The van der Waals surface area contributed by atoms with Crippen molar-refractivity contribution >= 4 is 0 Å². The van der Waals surface area contributed by atoms with Gasteiger partial charge in [-0.1, -0.05) is 35.9 Å². The Morgan fingerprint density at radius 1 is 1.21 bits per heavy atom. The number of hydrogen-bond donors (Lipinski definition) is 1. The minimum Gasteiger partial charge on any atom is -0.289 e. The second-order valence-electron chi connectivity index (χ2n) is 4.57. The number of nitrogens with zero attached hydrogens (tertiary/aromatic N) is 1. The van der Waals surface area contributed by atoms with E-state index in [0.717, 1.165) is 11.1 Å². The Kier molecular flexibility index (Phi) is 3.51. The first-order chi connectivity index (χ1) is 9.02. The predicted molar refractivity (Wildman–Crippen MR) is 75.6 cm³/mol. The van der Waals surface area contributed by atoms with Crippen LogP contribution in [0.25, 0.3) is 0 Å². The van der Waals surface area contributed by atoms with Crippen molar-refractivity contribution in [2.45, 2.75) is 19.9 Å². The Morgan fingerprint density at radius 2 is 1.84 bits per heavy atom. The zero-order valence-electron chi connectivity index (χ0n) is 11.0. The zero-order valence-corrected chi connectivity index (χ0v) is 11.0. The fourth-order valence-corrected chi connectivity index (χ4v) is 1.97. The molecule has 0 aliphatic rings. The molecule has 1 heterocycles. The molecular weight excluding hydrogens is 240 g/mol. The minimum atomic E-state index is -0.430. The van der Waals surface area contributed by atoms with Crippen LogP contribution in [0.15, 0.2) is 52.7 Å². The lowest BCUT2D eigenvalue weighted by atomic mass is 10.0. The summed E-state index contributed by atoms with van der Waals surface area (Å²) in [4.78, 5) is 25.6. The van der Waals surface area contributed by atoms with E-state index in [9.17, 15) is 9.59 Å². The molecule has 1 unspecified atom stereocenters. The van der Waals surface area contributed by atoms with E-state index in [1.54, 1.807) is 19.2 Å². The maximum absolute atomic E-state index is 11.9. The first kappa shape index (κ1) is 13.1. The minimum absolute atomic E-state index is 0.288. The number of hydrogen-bond acceptors (Lipinski definition) is 2. The van der Waals surface area contributed by atoms with Crippen LogP contribution in [0.4, 0.5) is 0 Å². The number of rotatable bonds is 3. The molecule has 0 spiro atoms. The predicted octanol–water partition coefficient (Wildman–Crippen LogP) is 1.93. The maximum atomic E-state index is 11.9. The molecule has 0 bridgehead atoms. The van der Waals surface area contributed by atoms with Crippen molar-refractivity contribution in [3.63, 3.8) is 0 Å². The van der Waals surface area contributed by atoms with Gasteiger partial charge < -0.3 is 0 Å². The summed E-state index contributed by atoms with van der Waals surface area (Å²) in [6.45, 7) is 7.45. The number of aromatic amines is 1. The van der Waals surface area contributed by atoms with Crippen LogP contribution in [0.2, 0.25) is 0 Å². The molecule has 1 aromatic heterocycles. The van der Waals surface area contributed by atoms with Crippen LogP contribution in [0.3, 0.4) is 0 Å². The molecule has 0 saturated heterocycles. The third kappa shape index (κ3) is 2.57. The van der Waals surface area contributed by atoms with Crippen LogP contribution in [-0.4, -0.2) is 9.55 Å². The van der Waals surface area contributed by atoms with Gasteiger partial charge in [0.05, 0.1) is 6.04 Å². The van der Waals surface area contributed by atoms with Crippen molar-refractivity contribution in [2.75, 3.05) is 0 Å². The number of nitrogens with one attached hydrogen (secondary N) is 1. The van der Waals surface area contributed by atoms with E-state index in [2.05, 4.69) is 11.6 Å². The first-order valence-corrected chi connectivity index (χ1v) is 6.04. The number of aryl methyl sites for hydroxylation is 2. The molecule has 19 heavy (non-hydrogen) atoms. The summed E-state index contributed by atoms with van der Waals surface area (Å²) < 4.78 is 1.48. The molecule has 98 valence electrons. The summed E-state index contributed by atoms with van der Waals surface area (Å²) in [5, 5.41) is 0. The molecule has 0 aliphatic heterocycles. The monoisotopic (exact) mass is 256 g/mol. The fraction of sp³-hybridized carbons (Fsp3) is 0.200. The van der Waals surface area contributed by atoms with Gasteiger partial charge in [-0.25, -0.2) is 4.79 Å². The molecule has 1 aromatic carbocycles. The Hall–Kier alpha value is -2.36. The molecule has 1 N–H and O–H groups in total. The lowest BCUT2D eigenvalue weighted by molar-refractivity contribution is 0.640. The van der Waals surface area contributed by atoms with Gasteiger partial charge >= 0.3 is 5.69 Å². The number of H-pyrrole nitrogens is 1. The standard InChI is InChI=1S/C15H16N2O2/c1-4-13(12-7-5-10(2)6-8-12)17-9-11(3)14(18)16-15(17)19/h4-9,13H,1H2,2-3H3,(H,16,18,19). The van der Waals surface area contributed by atoms with Crippen molar-refractivity contribution in [3.05, 3.63) is 80.6 Å². The normalized spacial score (nSPS) is 12.1. The third-order valence-corrected chi connectivity index (χ3v) is 3.09. The smallest absolute Gasteiger partial charge is 0.289 e.